The minimum atomic E-state index is 0.674. The zero-order chi connectivity index (χ0) is 45.7. The number of pyridine rings is 1. The Hall–Kier alpha value is -9.25. The van der Waals surface area contributed by atoms with Crippen molar-refractivity contribution >= 4 is 43.6 Å². The van der Waals surface area contributed by atoms with Gasteiger partial charge >= 0.3 is 0 Å². The van der Waals surface area contributed by atoms with Crippen molar-refractivity contribution in [3.63, 3.8) is 0 Å². The molecule has 0 fully saturated rings. The van der Waals surface area contributed by atoms with Gasteiger partial charge in [0.1, 0.15) is 11.2 Å². The number of furan rings is 1. The topological polar surface area (TPSA) is 51.8 Å². The van der Waals surface area contributed by atoms with E-state index in [-0.39, 0.29) is 0 Å². The van der Waals surface area contributed by atoms with Crippen molar-refractivity contribution in [2.24, 2.45) is 0 Å². The second-order valence-electron chi connectivity index (χ2n) is 17.5. The summed E-state index contributed by atoms with van der Waals surface area (Å²) in [5, 5.41) is 5.54. The molecule has 0 bridgehead atoms. The van der Waals surface area contributed by atoms with Crippen LogP contribution in [-0.4, -0.2) is 15.0 Å². The summed E-state index contributed by atoms with van der Waals surface area (Å²) in [7, 11) is 0. The molecule has 0 saturated heterocycles. The second kappa shape index (κ2) is 16.9. The Balaban J connectivity index is 0.927. The van der Waals surface area contributed by atoms with Crippen LogP contribution in [0.2, 0.25) is 0 Å². The number of hydrogen-bond acceptors (Lipinski definition) is 4. The Labute approximate surface area is 399 Å². The largest absolute Gasteiger partial charge is 0.456 e. The summed E-state index contributed by atoms with van der Waals surface area (Å²) in [6, 6.07) is 87.4. The SMILES string of the molecule is c1ccc(-c2cccc(-c3cc(-c4ccc(-c5cccc(-c6nc7ccccc7c7c(-c8ccccc8)c8c(cc67)oc6ccccc68)c5)cc4)nc(-c4cccc(-c5ccccc5)c4)n3)c2)cc1. The van der Waals surface area contributed by atoms with Crippen LogP contribution in [-0.2, 0) is 0 Å². The summed E-state index contributed by atoms with van der Waals surface area (Å²) in [5.74, 6) is 0.674. The zero-order valence-corrected chi connectivity index (χ0v) is 37.4. The summed E-state index contributed by atoms with van der Waals surface area (Å²) >= 11 is 0. The van der Waals surface area contributed by atoms with Crippen molar-refractivity contribution in [2.45, 2.75) is 0 Å². The third-order valence-corrected chi connectivity index (χ3v) is 13.3. The van der Waals surface area contributed by atoms with Gasteiger partial charge in [-0.05, 0) is 81.4 Å². The molecule has 0 radical (unpaired) electrons. The molecule has 10 aromatic carbocycles. The fourth-order valence-corrected chi connectivity index (χ4v) is 9.94. The number of hydrogen-bond donors (Lipinski definition) is 0. The predicted molar refractivity (Wildman–Crippen MR) is 286 cm³/mol. The molecule has 0 amide bonds. The van der Waals surface area contributed by atoms with Crippen molar-refractivity contribution in [1.29, 1.82) is 0 Å². The fourth-order valence-electron chi connectivity index (χ4n) is 9.94. The first-order valence-corrected chi connectivity index (χ1v) is 23.3. The maximum atomic E-state index is 6.64. The molecule has 0 aliphatic rings. The molecule has 69 heavy (non-hydrogen) atoms. The van der Waals surface area contributed by atoms with Gasteiger partial charge in [0.2, 0.25) is 0 Å². The average molecular weight is 880 g/mol. The minimum Gasteiger partial charge on any atom is -0.456 e. The molecular formula is C65H41N3O. The number of benzene rings is 10. The first kappa shape index (κ1) is 40.1. The summed E-state index contributed by atoms with van der Waals surface area (Å²) < 4.78 is 6.64. The summed E-state index contributed by atoms with van der Waals surface area (Å²) in [6.07, 6.45) is 0. The van der Waals surface area contributed by atoms with Crippen molar-refractivity contribution in [3.05, 3.63) is 249 Å². The molecule has 3 aromatic heterocycles. The summed E-state index contributed by atoms with van der Waals surface area (Å²) in [6.45, 7) is 0. The van der Waals surface area contributed by atoms with E-state index in [9.17, 15) is 0 Å². The molecule has 0 atom stereocenters. The molecular weight excluding hydrogens is 839 g/mol. The lowest BCUT2D eigenvalue weighted by molar-refractivity contribution is 0.669. The van der Waals surface area contributed by atoms with Crippen LogP contribution >= 0.6 is 0 Å². The molecule has 0 unspecified atom stereocenters. The van der Waals surface area contributed by atoms with E-state index >= 15 is 0 Å². The highest BCUT2D eigenvalue weighted by atomic mass is 16.3. The first-order chi connectivity index (χ1) is 34.2. The average Bonchev–Trinajstić information content (AvgIpc) is 3.81. The normalized spacial score (nSPS) is 11.5. The third kappa shape index (κ3) is 7.32. The van der Waals surface area contributed by atoms with Gasteiger partial charge in [0, 0.05) is 54.7 Å². The molecule has 4 heteroatoms. The highest BCUT2D eigenvalue weighted by molar-refractivity contribution is 6.27. The van der Waals surface area contributed by atoms with Crippen LogP contribution < -0.4 is 0 Å². The molecule has 13 rings (SSSR count). The van der Waals surface area contributed by atoms with E-state index < -0.39 is 0 Å². The Kier molecular flexibility index (Phi) is 9.80. The van der Waals surface area contributed by atoms with Gasteiger partial charge in [-0.25, -0.2) is 15.0 Å². The maximum Gasteiger partial charge on any atom is 0.160 e. The van der Waals surface area contributed by atoms with E-state index in [0.717, 1.165) is 127 Å². The highest BCUT2D eigenvalue weighted by Crippen LogP contribution is 2.46. The van der Waals surface area contributed by atoms with Gasteiger partial charge in [-0.2, -0.15) is 0 Å². The van der Waals surface area contributed by atoms with Gasteiger partial charge in [-0.15, -0.1) is 0 Å². The maximum absolute atomic E-state index is 6.64. The van der Waals surface area contributed by atoms with E-state index in [1.54, 1.807) is 0 Å². The number of para-hydroxylation sites is 2. The van der Waals surface area contributed by atoms with E-state index in [4.69, 9.17) is 19.4 Å². The lowest BCUT2D eigenvalue weighted by Gasteiger charge is -2.16. The van der Waals surface area contributed by atoms with E-state index in [1.165, 1.54) is 0 Å². The van der Waals surface area contributed by atoms with Crippen LogP contribution in [0, 0.1) is 0 Å². The Morgan fingerprint density at radius 1 is 0.261 bits per heavy atom. The van der Waals surface area contributed by atoms with Crippen LogP contribution in [0.5, 0.6) is 0 Å². The standard InChI is InChI=1S/C65H41N3O/c1-4-17-42(18-5-1)47-23-14-26-50(37-47)58-41-57(67-65(68-58)52-28-16-25-49(39-52)43-19-6-2-7-20-43)45-35-33-44(34-36-45)48-24-15-27-51(38-48)64-55-40-60-63(54-30-11-13-32-59(54)69-60)61(46-21-8-3-9-22-46)62(55)53-29-10-12-31-56(53)66-64/h1-41H. The number of fused-ring (bicyclic) bond motifs is 6. The van der Waals surface area contributed by atoms with Gasteiger partial charge in [-0.3, -0.25) is 0 Å². The molecule has 0 saturated carbocycles. The molecule has 0 aliphatic carbocycles. The predicted octanol–water partition coefficient (Wildman–Crippen LogP) is 17.4. The lowest BCUT2D eigenvalue weighted by Crippen LogP contribution is -1.96. The zero-order valence-electron chi connectivity index (χ0n) is 37.4. The van der Waals surface area contributed by atoms with E-state index in [2.05, 4.69) is 231 Å². The summed E-state index contributed by atoms with van der Waals surface area (Å²) in [4.78, 5) is 15.9. The van der Waals surface area contributed by atoms with Crippen molar-refractivity contribution in [1.82, 2.24) is 15.0 Å². The Morgan fingerprint density at radius 3 is 1.42 bits per heavy atom. The van der Waals surface area contributed by atoms with Crippen LogP contribution in [0.1, 0.15) is 0 Å². The van der Waals surface area contributed by atoms with Gasteiger partial charge in [0.05, 0.1) is 22.6 Å². The fraction of sp³-hybridized carbons (Fsp3) is 0. The Morgan fingerprint density at radius 2 is 0.739 bits per heavy atom. The third-order valence-electron chi connectivity index (χ3n) is 13.3. The van der Waals surface area contributed by atoms with Crippen molar-refractivity contribution < 1.29 is 4.42 Å². The van der Waals surface area contributed by atoms with Gasteiger partial charge < -0.3 is 4.42 Å². The van der Waals surface area contributed by atoms with Crippen LogP contribution in [0.25, 0.3) is 133 Å². The number of rotatable bonds is 8. The van der Waals surface area contributed by atoms with Crippen LogP contribution in [0.3, 0.4) is 0 Å². The molecule has 0 aliphatic heterocycles. The molecule has 3 heterocycles. The molecule has 4 nitrogen and oxygen atoms in total. The molecule has 0 N–H and O–H groups in total. The number of nitrogens with zero attached hydrogens (tertiary/aromatic N) is 3. The smallest absolute Gasteiger partial charge is 0.160 e. The van der Waals surface area contributed by atoms with Crippen LogP contribution in [0.15, 0.2) is 253 Å². The highest BCUT2D eigenvalue weighted by Gasteiger charge is 2.22. The molecule has 322 valence electrons. The monoisotopic (exact) mass is 879 g/mol. The quantitative estimate of drug-likeness (QED) is 0.143. The van der Waals surface area contributed by atoms with Gasteiger partial charge in [0.25, 0.3) is 0 Å². The Bertz CT molecular complexity index is 3950. The van der Waals surface area contributed by atoms with Gasteiger partial charge in [-0.1, -0.05) is 206 Å². The molecule has 13 aromatic rings. The summed E-state index contributed by atoms with van der Waals surface area (Å²) in [5.41, 5.74) is 18.3. The lowest BCUT2D eigenvalue weighted by atomic mass is 9.89. The minimum absolute atomic E-state index is 0.674. The van der Waals surface area contributed by atoms with Gasteiger partial charge in [0.15, 0.2) is 5.82 Å². The number of aromatic nitrogens is 3. The van der Waals surface area contributed by atoms with Crippen LogP contribution in [0.4, 0.5) is 0 Å². The van der Waals surface area contributed by atoms with E-state index in [0.29, 0.717) is 5.82 Å². The van der Waals surface area contributed by atoms with Crippen molar-refractivity contribution in [2.75, 3.05) is 0 Å². The van der Waals surface area contributed by atoms with Crippen molar-refractivity contribution in [3.8, 4) is 89.7 Å². The first-order valence-electron chi connectivity index (χ1n) is 23.3. The molecule has 0 spiro atoms. The second-order valence-corrected chi connectivity index (χ2v) is 17.5. The van der Waals surface area contributed by atoms with E-state index in [1.807, 2.05) is 18.2 Å².